The first-order valence-electron chi connectivity index (χ1n) is 6.65. The summed E-state index contributed by atoms with van der Waals surface area (Å²) in [6.07, 6.45) is 1.91. The maximum Gasteiger partial charge on any atom is 0.314 e. The van der Waals surface area contributed by atoms with Crippen LogP contribution in [0.3, 0.4) is 0 Å². The summed E-state index contributed by atoms with van der Waals surface area (Å²) in [6.45, 7) is 2.73. The molecule has 1 fully saturated rings. The fourth-order valence-electron chi connectivity index (χ4n) is 2.72. The first-order chi connectivity index (χ1) is 9.49. The summed E-state index contributed by atoms with van der Waals surface area (Å²) in [5, 5.41) is 0. The molecule has 2 atom stereocenters. The van der Waals surface area contributed by atoms with Crippen LogP contribution in [-0.2, 0) is 4.74 Å². The third-order valence-corrected chi connectivity index (χ3v) is 4.01. The van der Waals surface area contributed by atoms with E-state index < -0.39 is 11.1 Å². The molecule has 3 rings (SSSR count). The van der Waals surface area contributed by atoms with Crippen LogP contribution in [-0.4, -0.2) is 22.2 Å². The maximum absolute atomic E-state index is 11.4. The summed E-state index contributed by atoms with van der Waals surface area (Å²) in [7, 11) is 0. The number of benzene rings is 1. The van der Waals surface area contributed by atoms with Gasteiger partial charge in [-0.05, 0) is 37.5 Å². The maximum atomic E-state index is 11.4. The number of nitrogens with two attached hydrogens (primary N) is 1. The highest BCUT2D eigenvalue weighted by atomic mass is 16.5. The molecule has 20 heavy (non-hydrogen) atoms. The lowest BCUT2D eigenvalue weighted by Gasteiger charge is -2.30. The number of nitrogens with one attached hydrogen (secondary N) is 2. The zero-order valence-corrected chi connectivity index (χ0v) is 11.2. The number of aromatic amines is 2. The van der Waals surface area contributed by atoms with E-state index in [1.54, 1.807) is 12.1 Å². The molecule has 0 amide bonds. The molecule has 0 spiro atoms. The molecule has 0 bridgehead atoms. The molecule has 1 aliphatic heterocycles. The molecule has 6 nitrogen and oxygen atoms in total. The average molecular weight is 275 g/mol. The smallest absolute Gasteiger partial charge is 0.314 e. The molecule has 1 aromatic heterocycles. The van der Waals surface area contributed by atoms with Gasteiger partial charge in [-0.15, -0.1) is 0 Å². The Morgan fingerprint density at radius 1 is 1.25 bits per heavy atom. The Hall–Kier alpha value is -1.92. The number of ether oxygens (including phenoxy) is 1. The lowest BCUT2D eigenvalue weighted by atomic mass is 9.88. The minimum absolute atomic E-state index is 0.273. The van der Waals surface area contributed by atoms with Crippen LogP contribution >= 0.6 is 0 Å². The first kappa shape index (κ1) is 13.1. The van der Waals surface area contributed by atoms with Gasteiger partial charge in [0.2, 0.25) is 0 Å². The van der Waals surface area contributed by atoms with Crippen molar-refractivity contribution in [3.8, 4) is 0 Å². The monoisotopic (exact) mass is 275 g/mol. The molecule has 4 N–H and O–H groups in total. The van der Waals surface area contributed by atoms with Crippen molar-refractivity contribution in [3.05, 3.63) is 44.5 Å². The average Bonchev–Trinajstić information content (AvgIpc) is 2.87. The van der Waals surface area contributed by atoms with Crippen LogP contribution in [0.1, 0.15) is 31.4 Å². The van der Waals surface area contributed by atoms with Crippen molar-refractivity contribution in [1.29, 1.82) is 0 Å². The van der Waals surface area contributed by atoms with Crippen LogP contribution in [0.2, 0.25) is 0 Å². The van der Waals surface area contributed by atoms with Crippen LogP contribution in [0.25, 0.3) is 11.0 Å². The van der Waals surface area contributed by atoms with Crippen molar-refractivity contribution in [3.63, 3.8) is 0 Å². The molecule has 1 aromatic carbocycles. The summed E-state index contributed by atoms with van der Waals surface area (Å²) in [5.41, 5.74) is 6.65. The molecule has 1 saturated heterocycles. The predicted octanol–water partition coefficient (Wildman–Crippen LogP) is 0.785. The summed E-state index contributed by atoms with van der Waals surface area (Å²) < 4.78 is 5.76. The largest absolute Gasteiger partial charge is 0.373 e. The molecular formula is C14H17N3O3. The molecule has 106 valence electrons. The topological polar surface area (TPSA) is 101 Å². The third-order valence-electron chi connectivity index (χ3n) is 4.01. The first-order valence-corrected chi connectivity index (χ1v) is 6.65. The normalized spacial score (nSPS) is 24.1. The number of rotatable bonds is 2. The SMILES string of the molecule is CC1(C(N)c2ccc3[nH]c(=O)c(=O)[nH]c3c2)CCCO1. The Balaban J connectivity index is 2.06. The van der Waals surface area contributed by atoms with Gasteiger partial charge >= 0.3 is 11.1 Å². The third kappa shape index (κ3) is 2.07. The summed E-state index contributed by atoms with van der Waals surface area (Å²) >= 11 is 0. The van der Waals surface area contributed by atoms with E-state index in [-0.39, 0.29) is 11.6 Å². The van der Waals surface area contributed by atoms with E-state index in [4.69, 9.17) is 10.5 Å². The highest BCUT2D eigenvalue weighted by Crippen LogP contribution is 2.36. The lowest BCUT2D eigenvalue weighted by molar-refractivity contribution is -0.00170. The highest BCUT2D eigenvalue weighted by molar-refractivity contribution is 5.74. The number of hydrogen-bond donors (Lipinski definition) is 3. The second-order valence-corrected chi connectivity index (χ2v) is 5.46. The molecule has 0 radical (unpaired) electrons. The van der Waals surface area contributed by atoms with Gasteiger partial charge in [-0.1, -0.05) is 6.07 Å². The van der Waals surface area contributed by atoms with Crippen LogP contribution in [0, 0.1) is 0 Å². The minimum atomic E-state index is -0.661. The van der Waals surface area contributed by atoms with E-state index in [1.165, 1.54) is 0 Å². The minimum Gasteiger partial charge on any atom is -0.373 e. The van der Waals surface area contributed by atoms with Crippen molar-refractivity contribution < 1.29 is 4.74 Å². The Morgan fingerprint density at radius 3 is 2.60 bits per heavy atom. The standard InChI is InChI=1S/C14H17N3O3/c1-14(5-2-6-20-14)11(15)8-3-4-9-10(7-8)17-13(19)12(18)16-9/h3-4,7,11H,2,5-6,15H2,1H3,(H,16,18)(H,17,19). The summed E-state index contributed by atoms with van der Waals surface area (Å²) in [4.78, 5) is 27.7. The van der Waals surface area contributed by atoms with Crippen molar-refractivity contribution in [2.75, 3.05) is 6.61 Å². The van der Waals surface area contributed by atoms with Gasteiger partial charge in [-0.2, -0.15) is 0 Å². The van der Waals surface area contributed by atoms with Crippen molar-refractivity contribution in [2.45, 2.75) is 31.4 Å². The van der Waals surface area contributed by atoms with Crippen molar-refractivity contribution in [1.82, 2.24) is 9.97 Å². The van der Waals surface area contributed by atoms with Crippen LogP contribution in [0.5, 0.6) is 0 Å². The van der Waals surface area contributed by atoms with E-state index in [9.17, 15) is 9.59 Å². The van der Waals surface area contributed by atoms with E-state index >= 15 is 0 Å². The number of fused-ring (bicyclic) bond motifs is 1. The Bertz CT molecular complexity index is 756. The van der Waals surface area contributed by atoms with Crippen LogP contribution in [0.4, 0.5) is 0 Å². The number of aromatic nitrogens is 2. The summed E-state index contributed by atoms with van der Waals surface area (Å²) in [6, 6.07) is 5.13. The highest BCUT2D eigenvalue weighted by Gasteiger charge is 2.37. The van der Waals surface area contributed by atoms with Crippen LogP contribution in [0.15, 0.2) is 27.8 Å². The fraction of sp³-hybridized carbons (Fsp3) is 0.429. The van der Waals surface area contributed by atoms with E-state index in [0.29, 0.717) is 11.0 Å². The second-order valence-electron chi connectivity index (χ2n) is 5.46. The van der Waals surface area contributed by atoms with Gasteiger partial charge in [0.05, 0.1) is 22.7 Å². The molecule has 0 aliphatic carbocycles. The van der Waals surface area contributed by atoms with Crippen molar-refractivity contribution in [2.24, 2.45) is 5.73 Å². The molecule has 1 aliphatic rings. The van der Waals surface area contributed by atoms with Gasteiger partial charge in [0.25, 0.3) is 0 Å². The van der Waals surface area contributed by atoms with E-state index in [1.807, 2.05) is 13.0 Å². The molecule has 0 saturated carbocycles. The zero-order chi connectivity index (χ0) is 14.3. The van der Waals surface area contributed by atoms with Gasteiger partial charge in [0, 0.05) is 6.61 Å². The number of H-pyrrole nitrogens is 2. The van der Waals surface area contributed by atoms with Gasteiger partial charge in [-0.3, -0.25) is 9.59 Å². The van der Waals surface area contributed by atoms with Gasteiger partial charge < -0.3 is 20.4 Å². The van der Waals surface area contributed by atoms with Crippen molar-refractivity contribution >= 4 is 11.0 Å². The lowest BCUT2D eigenvalue weighted by Crippen LogP contribution is -2.37. The number of hydrogen-bond acceptors (Lipinski definition) is 4. The molecule has 2 heterocycles. The van der Waals surface area contributed by atoms with Gasteiger partial charge in [-0.25, -0.2) is 0 Å². The van der Waals surface area contributed by atoms with Crippen LogP contribution < -0.4 is 16.9 Å². The molecule has 2 aromatic rings. The van der Waals surface area contributed by atoms with E-state index in [0.717, 1.165) is 25.0 Å². The summed E-state index contributed by atoms with van der Waals surface area (Å²) in [5.74, 6) is 0. The Morgan fingerprint density at radius 2 is 1.95 bits per heavy atom. The molecular weight excluding hydrogens is 258 g/mol. The molecule has 6 heteroatoms. The quantitative estimate of drug-likeness (QED) is 0.705. The van der Waals surface area contributed by atoms with E-state index in [2.05, 4.69) is 9.97 Å². The molecule has 2 unspecified atom stereocenters. The van der Waals surface area contributed by atoms with Gasteiger partial charge in [0.1, 0.15) is 0 Å². The fourth-order valence-corrected chi connectivity index (χ4v) is 2.72. The zero-order valence-electron chi connectivity index (χ0n) is 11.2. The van der Waals surface area contributed by atoms with Gasteiger partial charge in [0.15, 0.2) is 0 Å². The Kier molecular flexibility index (Phi) is 2.99. The second kappa shape index (κ2) is 4.57. The predicted molar refractivity (Wildman–Crippen MR) is 75.7 cm³/mol. The Labute approximate surface area is 115 Å².